The summed E-state index contributed by atoms with van der Waals surface area (Å²) in [5, 5.41) is 18.5. The van der Waals surface area contributed by atoms with Crippen LogP contribution in [-0.4, -0.2) is 35.2 Å². The number of aromatic nitrogens is 5. The van der Waals surface area contributed by atoms with Crippen molar-refractivity contribution in [3.63, 3.8) is 0 Å². The second-order valence-corrected chi connectivity index (χ2v) is 9.31. The summed E-state index contributed by atoms with van der Waals surface area (Å²) in [5.41, 5.74) is 3.80. The van der Waals surface area contributed by atoms with E-state index in [0.29, 0.717) is 27.5 Å². The maximum Gasteiger partial charge on any atom is 0.356 e. The van der Waals surface area contributed by atoms with Gasteiger partial charge >= 0.3 is 5.97 Å². The number of carboxylic acid groups (broad SMARTS) is 1. The van der Waals surface area contributed by atoms with E-state index in [1.54, 1.807) is 16.5 Å². The molecule has 0 saturated heterocycles. The van der Waals surface area contributed by atoms with Crippen LogP contribution in [0.15, 0.2) is 41.3 Å². The van der Waals surface area contributed by atoms with Crippen molar-refractivity contribution in [2.45, 2.75) is 45.8 Å². The molecule has 0 bridgehead atoms. The van der Waals surface area contributed by atoms with Gasteiger partial charge in [0.1, 0.15) is 6.67 Å². The van der Waals surface area contributed by atoms with Gasteiger partial charge in [0.15, 0.2) is 21.9 Å². The van der Waals surface area contributed by atoms with Gasteiger partial charge in [-0.15, -0.1) is 10.2 Å². The third-order valence-corrected chi connectivity index (χ3v) is 6.41. The second-order valence-electron chi connectivity index (χ2n) is 8.17. The van der Waals surface area contributed by atoms with Crippen molar-refractivity contribution >= 4 is 39.1 Å². The third kappa shape index (κ3) is 4.39. The second kappa shape index (κ2) is 9.23. The third-order valence-electron chi connectivity index (χ3n) is 5.60. The molecular formula is C23H22BrClFN5O2. The summed E-state index contributed by atoms with van der Waals surface area (Å²) in [6.07, 6.45) is 2.26. The van der Waals surface area contributed by atoms with Crippen molar-refractivity contribution in [1.82, 2.24) is 24.1 Å². The zero-order valence-corrected chi connectivity index (χ0v) is 20.6. The SMILES string of the molecule is Cc1cc(CC(c2ccc(Cl)cc2)c2c(C(=O)O)nc(Br)n2C(C)C)cn2c(CF)nnc12. The molecule has 0 aliphatic carbocycles. The fraction of sp³-hybridized carbons (Fsp3) is 0.304. The number of nitrogens with zero attached hydrogens (tertiary/aromatic N) is 5. The van der Waals surface area contributed by atoms with Gasteiger partial charge in [0.2, 0.25) is 0 Å². The van der Waals surface area contributed by atoms with E-state index in [1.807, 2.05) is 49.7 Å². The Hall–Kier alpha value is -2.78. The van der Waals surface area contributed by atoms with Crippen molar-refractivity contribution in [3.8, 4) is 0 Å². The molecule has 1 aromatic carbocycles. The molecule has 3 aromatic heterocycles. The van der Waals surface area contributed by atoms with Gasteiger partial charge in [0.05, 0.1) is 5.69 Å². The maximum absolute atomic E-state index is 13.5. The molecular weight excluding hydrogens is 513 g/mol. The van der Waals surface area contributed by atoms with E-state index < -0.39 is 12.6 Å². The van der Waals surface area contributed by atoms with Crippen LogP contribution in [0.25, 0.3) is 5.65 Å². The maximum atomic E-state index is 13.5. The average molecular weight is 535 g/mol. The molecule has 4 rings (SSSR count). The van der Waals surface area contributed by atoms with Crippen LogP contribution in [0.1, 0.15) is 64.5 Å². The molecule has 0 spiro atoms. The molecule has 1 N–H and O–H groups in total. The minimum atomic E-state index is -1.10. The first kappa shape index (κ1) is 23.4. The number of carboxylic acids is 1. The summed E-state index contributed by atoms with van der Waals surface area (Å²) in [6.45, 7) is 5.11. The van der Waals surface area contributed by atoms with Gasteiger partial charge in [-0.3, -0.25) is 4.40 Å². The van der Waals surface area contributed by atoms with Gasteiger partial charge < -0.3 is 9.67 Å². The van der Waals surface area contributed by atoms with E-state index in [0.717, 1.165) is 16.7 Å². The van der Waals surface area contributed by atoms with Gasteiger partial charge in [-0.2, -0.15) is 0 Å². The van der Waals surface area contributed by atoms with Crippen molar-refractivity contribution in [1.29, 1.82) is 0 Å². The Morgan fingerprint density at radius 2 is 1.94 bits per heavy atom. The highest BCUT2D eigenvalue weighted by Gasteiger charge is 2.30. The number of benzene rings is 1. The molecule has 0 aliphatic heterocycles. The summed E-state index contributed by atoms with van der Waals surface area (Å²) in [7, 11) is 0. The molecule has 0 aliphatic rings. The van der Waals surface area contributed by atoms with Crippen molar-refractivity contribution in [3.05, 3.63) is 80.2 Å². The van der Waals surface area contributed by atoms with Crippen molar-refractivity contribution in [2.24, 2.45) is 0 Å². The average Bonchev–Trinajstić information content (AvgIpc) is 3.34. The first-order valence-corrected chi connectivity index (χ1v) is 11.5. The lowest BCUT2D eigenvalue weighted by molar-refractivity contribution is 0.0689. The first-order valence-electron chi connectivity index (χ1n) is 10.4. The summed E-state index contributed by atoms with van der Waals surface area (Å²) < 4.78 is 17.4. The molecule has 33 heavy (non-hydrogen) atoms. The van der Waals surface area contributed by atoms with Gasteiger partial charge in [0, 0.05) is 23.2 Å². The predicted molar refractivity (Wildman–Crippen MR) is 127 cm³/mol. The summed E-state index contributed by atoms with van der Waals surface area (Å²) in [5.74, 6) is -1.23. The van der Waals surface area contributed by atoms with E-state index in [9.17, 15) is 14.3 Å². The molecule has 0 saturated carbocycles. The van der Waals surface area contributed by atoms with Crippen LogP contribution < -0.4 is 0 Å². The lowest BCUT2D eigenvalue weighted by atomic mass is 9.88. The summed E-state index contributed by atoms with van der Waals surface area (Å²) in [6, 6.07) is 9.28. The quantitative estimate of drug-likeness (QED) is 0.325. The minimum absolute atomic E-state index is 0.0120. The monoisotopic (exact) mass is 533 g/mol. The number of hydrogen-bond donors (Lipinski definition) is 1. The Kier molecular flexibility index (Phi) is 6.54. The van der Waals surface area contributed by atoms with Crippen LogP contribution >= 0.6 is 27.5 Å². The van der Waals surface area contributed by atoms with E-state index in [1.165, 1.54) is 0 Å². The number of rotatable bonds is 7. The lowest BCUT2D eigenvalue weighted by Gasteiger charge is -2.23. The summed E-state index contributed by atoms with van der Waals surface area (Å²) >= 11 is 9.56. The smallest absolute Gasteiger partial charge is 0.356 e. The number of carbonyl (C=O) groups is 1. The number of imidazole rings is 1. The highest BCUT2D eigenvalue weighted by Crippen LogP contribution is 2.36. The topological polar surface area (TPSA) is 85.3 Å². The van der Waals surface area contributed by atoms with Gasteiger partial charge in [0.25, 0.3) is 0 Å². The fourth-order valence-electron chi connectivity index (χ4n) is 4.18. The fourth-order valence-corrected chi connectivity index (χ4v) is 5.08. The minimum Gasteiger partial charge on any atom is -0.476 e. The van der Waals surface area contributed by atoms with Crippen molar-refractivity contribution < 1.29 is 14.3 Å². The van der Waals surface area contributed by atoms with Crippen LogP contribution in [0.4, 0.5) is 4.39 Å². The molecule has 0 radical (unpaired) electrons. The number of aryl methyl sites for hydroxylation is 1. The Morgan fingerprint density at radius 3 is 2.55 bits per heavy atom. The largest absolute Gasteiger partial charge is 0.476 e. The molecule has 4 aromatic rings. The Labute approximate surface area is 203 Å². The normalized spacial score (nSPS) is 12.6. The molecule has 10 heteroatoms. The summed E-state index contributed by atoms with van der Waals surface area (Å²) in [4.78, 5) is 16.5. The van der Waals surface area contributed by atoms with Gasteiger partial charge in [-0.1, -0.05) is 29.8 Å². The Balaban J connectivity index is 1.93. The van der Waals surface area contributed by atoms with E-state index in [2.05, 4.69) is 31.1 Å². The highest BCUT2D eigenvalue weighted by molar-refractivity contribution is 9.10. The number of halogens is 3. The number of aromatic carboxylic acids is 1. The number of hydrogen-bond acceptors (Lipinski definition) is 4. The van der Waals surface area contributed by atoms with E-state index >= 15 is 0 Å². The zero-order chi connectivity index (χ0) is 23.9. The van der Waals surface area contributed by atoms with E-state index in [-0.39, 0.29) is 23.5 Å². The standard InChI is InChI=1S/C23H22BrClFN5O2/c1-12(2)31-20(19(22(32)33)27-23(31)24)17(15-4-6-16(25)7-5-15)9-14-8-13(3)21-29-28-18(10-26)30(21)11-14/h4-8,11-12,17H,9-10H2,1-3H3,(H,32,33). The molecule has 1 unspecified atom stereocenters. The van der Waals surface area contributed by atoms with Gasteiger partial charge in [-0.25, -0.2) is 14.2 Å². The molecule has 0 fully saturated rings. The van der Waals surface area contributed by atoms with Crippen LogP contribution in [0.5, 0.6) is 0 Å². The van der Waals surface area contributed by atoms with Gasteiger partial charge in [-0.05, 0) is 71.9 Å². The van der Waals surface area contributed by atoms with Crippen LogP contribution in [-0.2, 0) is 13.1 Å². The lowest BCUT2D eigenvalue weighted by Crippen LogP contribution is -2.17. The van der Waals surface area contributed by atoms with Crippen molar-refractivity contribution in [2.75, 3.05) is 0 Å². The van der Waals surface area contributed by atoms with Crippen LogP contribution in [0.3, 0.4) is 0 Å². The molecule has 1 atom stereocenters. The highest BCUT2D eigenvalue weighted by atomic mass is 79.9. The predicted octanol–water partition coefficient (Wildman–Crippen LogP) is 5.77. The molecule has 0 amide bonds. The van der Waals surface area contributed by atoms with E-state index in [4.69, 9.17) is 11.6 Å². The molecule has 7 nitrogen and oxygen atoms in total. The first-order chi connectivity index (χ1) is 15.7. The van der Waals surface area contributed by atoms with Crippen LogP contribution in [0.2, 0.25) is 5.02 Å². The Bertz CT molecular complexity index is 1330. The Morgan fingerprint density at radius 1 is 1.24 bits per heavy atom. The number of alkyl halides is 1. The number of pyridine rings is 1. The number of fused-ring (bicyclic) bond motifs is 1. The molecule has 3 heterocycles. The van der Waals surface area contributed by atoms with Crippen LogP contribution in [0, 0.1) is 6.92 Å². The molecule has 172 valence electrons. The zero-order valence-electron chi connectivity index (χ0n) is 18.3.